The second-order valence-corrected chi connectivity index (χ2v) is 6.90. The minimum Gasteiger partial charge on any atom is -0.378 e. The number of aryl methyl sites for hydroxylation is 1. The highest BCUT2D eigenvalue weighted by Gasteiger charge is 2.23. The predicted octanol–water partition coefficient (Wildman–Crippen LogP) is 1.28. The molecule has 24 heavy (non-hydrogen) atoms. The first-order chi connectivity index (χ1) is 11.6. The minimum atomic E-state index is 0.251. The number of hydrogen-bond donors (Lipinski definition) is 0. The number of nitrogens with zero attached hydrogens (tertiary/aromatic N) is 3. The molecule has 3 rings (SSSR count). The molecule has 2 saturated heterocycles. The van der Waals surface area contributed by atoms with Crippen molar-refractivity contribution >= 4 is 5.91 Å². The lowest BCUT2D eigenvalue weighted by atomic mass is 10.0. The molecule has 0 spiro atoms. The molecule has 2 aliphatic heterocycles. The quantitative estimate of drug-likeness (QED) is 0.833. The van der Waals surface area contributed by atoms with E-state index in [0.717, 1.165) is 45.8 Å². The molecule has 5 nitrogen and oxygen atoms in total. The van der Waals surface area contributed by atoms with Crippen LogP contribution in [0.4, 0.5) is 0 Å². The van der Waals surface area contributed by atoms with E-state index in [1.165, 1.54) is 16.7 Å². The number of benzene rings is 1. The van der Waals surface area contributed by atoms with Crippen molar-refractivity contribution in [3.63, 3.8) is 0 Å². The second-order valence-electron chi connectivity index (χ2n) is 6.90. The molecule has 0 N–H and O–H groups in total. The van der Waals surface area contributed by atoms with Crippen molar-refractivity contribution in [3.05, 3.63) is 34.9 Å². The van der Waals surface area contributed by atoms with Gasteiger partial charge in [-0.2, -0.15) is 0 Å². The maximum atomic E-state index is 12.3. The second kappa shape index (κ2) is 8.10. The third kappa shape index (κ3) is 4.35. The van der Waals surface area contributed by atoms with Crippen LogP contribution in [-0.4, -0.2) is 79.6 Å². The van der Waals surface area contributed by atoms with Gasteiger partial charge in [-0.25, -0.2) is 0 Å². The van der Waals surface area contributed by atoms with Crippen LogP contribution in [0.2, 0.25) is 0 Å². The topological polar surface area (TPSA) is 36.0 Å². The fourth-order valence-corrected chi connectivity index (χ4v) is 3.43. The molecule has 0 saturated carbocycles. The molecule has 2 heterocycles. The molecule has 0 aromatic heterocycles. The van der Waals surface area contributed by atoms with Crippen molar-refractivity contribution in [2.24, 2.45) is 0 Å². The van der Waals surface area contributed by atoms with Gasteiger partial charge in [0.1, 0.15) is 0 Å². The summed E-state index contributed by atoms with van der Waals surface area (Å²) >= 11 is 0. The maximum Gasteiger partial charge on any atom is 0.236 e. The Hall–Kier alpha value is -1.43. The summed E-state index contributed by atoms with van der Waals surface area (Å²) in [5, 5.41) is 0. The fraction of sp³-hybridized carbons (Fsp3) is 0.632. The number of amides is 1. The van der Waals surface area contributed by atoms with E-state index in [1.807, 2.05) is 4.90 Å². The SMILES string of the molecule is Cc1cccc(CN2CCN(CC(=O)N3CCOCC3)CC2)c1C. The molecular formula is C19H29N3O2. The van der Waals surface area contributed by atoms with Crippen LogP contribution in [0.15, 0.2) is 18.2 Å². The average molecular weight is 331 g/mol. The largest absolute Gasteiger partial charge is 0.378 e. The Morgan fingerprint density at radius 3 is 2.38 bits per heavy atom. The van der Waals surface area contributed by atoms with Crippen LogP contribution in [-0.2, 0) is 16.1 Å². The zero-order valence-electron chi connectivity index (χ0n) is 15.0. The van der Waals surface area contributed by atoms with Gasteiger partial charge in [0, 0.05) is 45.8 Å². The Balaban J connectivity index is 1.45. The van der Waals surface area contributed by atoms with Crippen LogP contribution >= 0.6 is 0 Å². The summed E-state index contributed by atoms with van der Waals surface area (Å²) in [4.78, 5) is 19.1. The molecule has 1 aromatic carbocycles. The fourth-order valence-electron chi connectivity index (χ4n) is 3.43. The molecule has 2 fully saturated rings. The zero-order chi connectivity index (χ0) is 16.9. The number of carbonyl (C=O) groups is 1. The van der Waals surface area contributed by atoms with E-state index in [-0.39, 0.29) is 5.91 Å². The van der Waals surface area contributed by atoms with Crippen LogP contribution in [0.1, 0.15) is 16.7 Å². The van der Waals surface area contributed by atoms with Gasteiger partial charge in [-0.3, -0.25) is 14.6 Å². The standard InChI is InChI=1S/C19H29N3O2/c1-16-4-3-5-18(17(16)2)14-20-6-8-21(9-7-20)15-19(23)22-10-12-24-13-11-22/h3-5H,6-15H2,1-2H3. The highest BCUT2D eigenvalue weighted by molar-refractivity contribution is 5.78. The van der Waals surface area contributed by atoms with Crippen LogP contribution in [0.25, 0.3) is 0 Å². The molecule has 1 aromatic rings. The Morgan fingerprint density at radius 1 is 1.00 bits per heavy atom. The smallest absolute Gasteiger partial charge is 0.236 e. The number of rotatable bonds is 4. The summed E-state index contributed by atoms with van der Waals surface area (Å²) in [7, 11) is 0. The lowest BCUT2D eigenvalue weighted by Gasteiger charge is -2.36. The first-order valence-electron chi connectivity index (χ1n) is 8.99. The Labute approximate surface area is 145 Å². The summed E-state index contributed by atoms with van der Waals surface area (Å²) in [5.41, 5.74) is 4.19. The van der Waals surface area contributed by atoms with Gasteiger partial charge in [0.2, 0.25) is 5.91 Å². The lowest BCUT2D eigenvalue weighted by molar-refractivity contribution is -0.136. The van der Waals surface area contributed by atoms with E-state index >= 15 is 0 Å². The van der Waals surface area contributed by atoms with Gasteiger partial charge in [0.15, 0.2) is 0 Å². The Bertz CT molecular complexity index is 562. The van der Waals surface area contributed by atoms with Gasteiger partial charge in [-0.1, -0.05) is 18.2 Å². The van der Waals surface area contributed by atoms with Gasteiger partial charge in [-0.15, -0.1) is 0 Å². The third-order valence-corrected chi connectivity index (χ3v) is 5.30. The number of hydrogen-bond acceptors (Lipinski definition) is 4. The van der Waals surface area contributed by atoms with Gasteiger partial charge < -0.3 is 9.64 Å². The summed E-state index contributed by atoms with van der Waals surface area (Å²) in [6.07, 6.45) is 0. The van der Waals surface area contributed by atoms with E-state index in [2.05, 4.69) is 41.8 Å². The maximum absolute atomic E-state index is 12.3. The van der Waals surface area contributed by atoms with Crippen molar-refractivity contribution in [2.45, 2.75) is 20.4 Å². The normalized spacial score (nSPS) is 20.3. The molecular weight excluding hydrogens is 302 g/mol. The van der Waals surface area contributed by atoms with Crippen LogP contribution in [0.5, 0.6) is 0 Å². The highest BCUT2D eigenvalue weighted by atomic mass is 16.5. The number of morpholine rings is 1. The molecule has 0 aliphatic carbocycles. The van der Waals surface area contributed by atoms with Gasteiger partial charge >= 0.3 is 0 Å². The summed E-state index contributed by atoms with van der Waals surface area (Å²) in [5.74, 6) is 0.251. The van der Waals surface area contributed by atoms with Crippen molar-refractivity contribution in [1.82, 2.24) is 14.7 Å². The summed E-state index contributed by atoms with van der Waals surface area (Å²) in [6, 6.07) is 6.56. The van der Waals surface area contributed by atoms with E-state index in [9.17, 15) is 4.79 Å². The van der Waals surface area contributed by atoms with Crippen LogP contribution in [0.3, 0.4) is 0 Å². The van der Waals surface area contributed by atoms with Crippen LogP contribution in [0, 0.1) is 13.8 Å². The average Bonchev–Trinajstić information content (AvgIpc) is 2.61. The molecule has 132 valence electrons. The molecule has 0 atom stereocenters. The third-order valence-electron chi connectivity index (χ3n) is 5.30. The zero-order valence-corrected chi connectivity index (χ0v) is 15.0. The lowest BCUT2D eigenvalue weighted by Crippen LogP contribution is -2.51. The summed E-state index contributed by atoms with van der Waals surface area (Å²) < 4.78 is 5.31. The number of carbonyl (C=O) groups excluding carboxylic acids is 1. The first-order valence-corrected chi connectivity index (χ1v) is 8.99. The monoisotopic (exact) mass is 331 g/mol. The van der Waals surface area contributed by atoms with E-state index in [1.54, 1.807) is 0 Å². The minimum absolute atomic E-state index is 0.251. The van der Waals surface area contributed by atoms with Crippen molar-refractivity contribution in [3.8, 4) is 0 Å². The highest BCUT2D eigenvalue weighted by Crippen LogP contribution is 2.16. The van der Waals surface area contributed by atoms with Crippen LogP contribution < -0.4 is 0 Å². The van der Waals surface area contributed by atoms with Crippen molar-refractivity contribution in [1.29, 1.82) is 0 Å². The van der Waals surface area contributed by atoms with E-state index in [4.69, 9.17) is 4.74 Å². The van der Waals surface area contributed by atoms with Crippen molar-refractivity contribution in [2.75, 3.05) is 59.0 Å². The molecule has 2 aliphatic rings. The van der Waals surface area contributed by atoms with Gasteiger partial charge in [0.05, 0.1) is 19.8 Å². The molecule has 0 radical (unpaired) electrons. The van der Waals surface area contributed by atoms with E-state index < -0.39 is 0 Å². The number of ether oxygens (including phenoxy) is 1. The predicted molar refractivity (Wildman–Crippen MR) is 95.0 cm³/mol. The summed E-state index contributed by atoms with van der Waals surface area (Å²) in [6.45, 7) is 12.8. The molecule has 0 bridgehead atoms. The molecule has 5 heteroatoms. The van der Waals surface area contributed by atoms with E-state index in [0.29, 0.717) is 19.8 Å². The van der Waals surface area contributed by atoms with Gasteiger partial charge in [-0.05, 0) is 30.5 Å². The van der Waals surface area contributed by atoms with Gasteiger partial charge in [0.25, 0.3) is 0 Å². The Morgan fingerprint density at radius 2 is 1.67 bits per heavy atom. The number of piperazine rings is 1. The Kier molecular flexibility index (Phi) is 5.87. The first kappa shape index (κ1) is 17.4. The molecule has 0 unspecified atom stereocenters. The van der Waals surface area contributed by atoms with Crippen molar-refractivity contribution < 1.29 is 9.53 Å². The molecule has 1 amide bonds.